The summed E-state index contributed by atoms with van der Waals surface area (Å²) in [5.74, 6) is 0.997. The average Bonchev–Trinajstić information content (AvgIpc) is 2.68. The minimum absolute atomic E-state index is 0.0995. The molecule has 0 radical (unpaired) electrons. The Kier molecular flexibility index (Phi) is 10.1. The van der Waals surface area contributed by atoms with E-state index in [1.54, 1.807) is 12.1 Å². The number of ether oxygens (including phenoxy) is 2. The van der Waals surface area contributed by atoms with Crippen LogP contribution in [-0.4, -0.2) is 13.2 Å². The molecular weight excluding hydrogens is 495 g/mol. The Bertz CT molecular complexity index is 856. The van der Waals surface area contributed by atoms with Gasteiger partial charge in [-0.15, -0.1) is 0 Å². The zero-order valence-electron chi connectivity index (χ0n) is 16.6. The van der Waals surface area contributed by atoms with Crippen LogP contribution >= 0.6 is 46.4 Å². The number of halogens is 7. The van der Waals surface area contributed by atoms with Crippen molar-refractivity contribution in [1.82, 2.24) is 0 Å². The third kappa shape index (κ3) is 8.30. The maximum atomic E-state index is 12.6. The van der Waals surface area contributed by atoms with Crippen LogP contribution in [0.5, 0.6) is 11.5 Å². The van der Waals surface area contributed by atoms with E-state index in [0.29, 0.717) is 34.6 Å². The standard InChI is InChI=1S/C22H21Cl4F3O2/c1-2-14(4-3-10-30-16-7-5-15(6-8-16)22(27,28)29)21-18(23)12-17(13-19(21)24)31-11-9-20(25)26/h5-9,12-14H,2-4,10-11H2,1H3. The molecule has 0 bridgehead atoms. The Labute approximate surface area is 199 Å². The van der Waals surface area contributed by atoms with E-state index in [1.807, 2.05) is 6.92 Å². The summed E-state index contributed by atoms with van der Waals surface area (Å²) in [4.78, 5) is 0. The van der Waals surface area contributed by atoms with E-state index in [2.05, 4.69) is 0 Å². The molecule has 0 aromatic heterocycles. The molecule has 0 saturated heterocycles. The molecule has 9 heteroatoms. The predicted molar refractivity (Wildman–Crippen MR) is 121 cm³/mol. The van der Waals surface area contributed by atoms with Gasteiger partial charge in [0.05, 0.1) is 12.2 Å². The Hall–Kier alpha value is -1.27. The van der Waals surface area contributed by atoms with Gasteiger partial charge < -0.3 is 9.47 Å². The van der Waals surface area contributed by atoms with E-state index in [-0.39, 0.29) is 17.0 Å². The first-order chi connectivity index (χ1) is 14.6. The summed E-state index contributed by atoms with van der Waals surface area (Å²) in [6, 6.07) is 8.03. The van der Waals surface area contributed by atoms with Crippen molar-refractivity contribution >= 4 is 46.4 Å². The van der Waals surface area contributed by atoms with E-state index >= 15 is 0 Å². The number of benzene rings is 2. The van der Waals surface area contributed by atoms with Crippen LogP contribution in [0.1, 0.15) is 43.2 Å². The first-order valence-electron chi connectivity index (χ1n) is 9.54. The molecule has 1 unspecified atom stereocenters. The molecule has 0 heterocycles. The van der Waals surface area contributed by atoms with Gasteiger partial charge in [0.15, 0.2) is 0 Å². The van der Waals surface area contributed by atoms with Crippen LogP contribution in [0.3, 0.4) is 0 Å². The van der Waals surface area contributed by atoms with Crippen molar-refractivity contribution in [3.8, 4) is 11.5 Å². The quantitative estimate of drug-likeness (QED) is 0.294. The summed E-state index contributed by atoms with van der Waals surface area (Å²) in [7, 11) is 0. The lowest BCUT2D eigenvalue weighted by Crippen LogP contribution is -2.06. The number of hydrogen-bond acceptors (Lipinski definition) is 2. The van der Waals surface area contributed by atoms with Crippen molar-refractivity contribution in [3.63, 3.8) is 0 Å². The van der Waals surface area contributed by atoms with Crippen LogP contribution in [0, 0.1) is 0 Å². The Morgan fingerprint density at radius 1 is 1.00 bits per heavy atom. The van der Waals surface area contributed by atoms with Gasteiger partial charge in [0, 0.05) is 10.0 Å². The smallest absolute Gasteiger partial charge is 0.416 e. The van der Waals surface area contributed by atoms with Crippen molar-refractivity contribution in [1.29, 1.82) is 0 Å². The molecule has 0 aliphatic carbocycles. The van der Waals surface area contributed by atoms with Crippen LogP contribution < -0.4 is 9.47 Å². The fraction of sp³-hybridized carbons (Fsp3) is 0.364. The Morgan fingerprint density at radius 3 is 2.13 bits per heavy atom. The molecule has 0 aliphatic rings. The second-order valence-corrected chi connectivity index (χ2v) is 8.55. The number of rotatable bonds is 10. The molecule has 2 aromatic carbocycles. The minimum Gasteiger partial charge on any atom is -0.494 e. The van der Waals surface area contributed by atoms with Gasteiger partial charge in [-0.05, 0) is 73.2 Å². The molecule has 2 nitrogen and oxygen atoms in total. The molecule has 0 saturated carbocycles. The van der Waals surface area contributed by atoms with Gasteiger partial charge >= 0.3 is 6.18 Å². The number of alkyl halides is 3. The maximum Gasteiger partial charge on any atom is 0.416 e. The fourth-order valence-electron chi connectivity index (χ4n) is 3.05. The summed E-state index contributed by atoms with van der Waals surface area (Å²) in [5.41, 5.74) is 0.128. The highest BCUT2D eigenvalue weighted by Crippen LogP contribution is 2.39. The van der Waals surface area contributed by atoms with Gasteiger partial charge in [0.2, 0.25) is 0 Å². The molecule has 0 spiro atoms. The molecule has 0 aliphatic heterocycles. The largest absolute Gasteiger partial charge is 0.494 e. The molecule has 0 amide bonds. The van der Waals surface area contributed by atoms with Gasteiger partial charge in [0.25, 0.3) is 0 Å². The van der Waals surface area contributed by atoms with Gasteiger partial charge in [-0.3, -0.25) is 0 Å². The van der Waals surface area contributed by atoms with E-state index in [4.69, 9.17) is 55.9 Å². The molecule has 0 N–H and O–H groups in total. The highest BCUT2D eigenvalue weighted by molar-refractivity contribution is 6.55. The summed E-state index contributed by atoms with van der Waals surface area (Å²) >= 11 is 24.0. The fourth-order valence-corrected chi connectivity index (χ4v) is 3.95. The zero-order valence-corrected chi connectivity index (χ0v) is 19.6. The van der Waals surface area contributed by atoms with Gasteiger partial charge in [-0.2, -0.15) is 13.2 Å². The summed E-state index contributed by atoms with van der Waals surface area (Å²) in [5, 5.41) is 0.998. The van der Waals surface area contributed by atoms with Crippen LogP contribution in [0.4, 0.5) is 13.2 Å². The van der Waals surface area contributed by atoms with E-state index < -0.39 is 11.7 Å². The minimum atomic E-state index is -4.36. The topological polar surface area (TPSA) is 18.5 Å². The van der Waals surface area contributed by atoms with Gasteiger partial charge in [-0.25, -0.2) is 0 Å². The first-order valence-corrected chi connectivity index (χ1v) is 11.1. The van der Waals surface area contributed by atoms with Crippen molar-refractivity contribution < 1.29 is 22.6 Å². The predicted octanol–water partition coefficient (Wildman–Crippen LogP) is 9.06. The molecule has 170 valence electrons. The highest BCUT2D eigenvalue weighted by atomic mass is 35.5. The summed E-state index contributed by atoms with van der Waals surface area (Å²) in [6.07, 6.45) is -0.612. The van der Waals surface area contributed by atoms with Crippen molar-refractivity contribution in [2.45, 2.75) is 38.3 Å². The van der Waals surface area contributed by atoms with E-state index in [0.717, 1.165) is 30.5 Å². The van der Waals surface area contributed by atoms with E-state index in [9.17, 15) is 13.2 Å². The molecule has 31 heavy (non-hydrogen) atoms. The molecule has 2 rings (SSSR count). The van der Waals surface area contributed by atoms with Crippen molar-refractivity contribution in [2.75, 3.05) is 13.2 Å². The summed E-state index contributed by atoms with van der Waals surface area (Å²) < 4.78 is 49.0. The highest BCUT2D eigenvalue weighted by Gasteiger charge is 2.30. The number of hydrogen-bond donors (Lipinski definition) is 0. The first kappa shape index (κ1) is 26.0. The normalized spacial score (nSPS) is 12.4. The van der Waals surface area contributed by atoms with E-state index in [1.165, 1.54) is 18.2 Å². The average molecular weight is 516 g/mol. The molecule has 2 aromatic rings. The lowest BCUT2D eigenvalue weighted by Gasteiger charge is -2.19. The Morgan fingerprint density at radius 2 is 1.61 bits per heavy atom. The molecule has 1 atom stereocenters. The second kappa shape index (κ2) is 12.1. The second-order valence-electron chi connectivity index (χ2n) is 6.72. The molecular formula is C22H21Cl4F3O2. The van der Waals surface area contributed by atoms with Gasteiger partial charge in [-0.1, -0.05) is 53.3 Å². The van der Waals surface area contributed by atoms with Crippen molar-refractivity contribution in [3.05, 3.63) is 68.1 Å². The SMILES string of the molecule is CCC(CCCOc1ccc(C(F)(F)F)cc1)c1c(Cl)cc(OCC=C(Cl)Cl)cc1Cl. The third-order valence-corrected chi connectivity index (χ3v) is 5.52. The summed E-state index contributed by atoms with van der Waals surface area (Å²) in [6.45, 7) is 2.59. The van der Waals surface area contributed by atoms with Crippen LogP contribution in [0.15, 0.2) is 47.0 Å². The van der Waals surface area contributed by atoms with Crippen LogP contribution in [0.2, 0.25) is 10.0 Å². The van der Waals surface area contributed by atoms with Gasteiger partial charge in [0.1, 0.15) is 22.6 Å². The lowest BCUT2D eigenvalue weighted by atomic mass is 9.91. The lowest BCUT2D eigenvalue weighted by molar-refractivity contribution is -0.137. The van der Waals surface area contributed by atoms with Crippen molar-refractivity contribution in [2.24, 2.45) is 0 Å². The monoisotopic (exact) mass is 514 g/mol. The van der Waals surface area contributed by atoms with Crippen LogP contribution in [-0.2, 0) is 6.18 Å². The van der Waals surface area contributed by atoms with Crippen LogP contribution in [0.25, 0.3) is 0 Å². The maximum absolute atomic E-state index is 12.6. The Balaban J connectivity index is 1.93. The zero-order chi connectivity index (χ0) is 23.0. The third-order valence-electron chi connectivity index (χ3n) is 4.59. The molecule has 0 fully saturated rings.